The van der Waals surface area contributed by atoms with Crippen molar-refractivity contribution in [2.24, 2.45) is 5.41 Å². The fourth-order valence-corrected chi connectivity index (χ4v) is 3.36. The van der Waals surface area contributed by atoms with Gasteiger partial charge >= 0.3 is 0 Å². The smallest absolute Gasteiger partial charge is 0.230 e. The Labute approximate surface area is 119 Å². The maximum absolute atomic E-state index is 6.01. The van der Waals surface area contributed by atoms with E-state index in [0.717, 1.165) is 23.2 Å². The molecule has 2 heterocycles. The Hall–Kier alpha value is -1.84. The molecule has 0 saturated heterocycles. The molecule has 0 bridgehead atoms. The minimum atomic E-state index is 0.235. The van der Waals surface area contributed by atoms with Crippen molar-refractivity contribution < 1.29 is 4.52 Å². The molecule has 20 heavy (non-hydrogen) atoms. The van der Waals surface area contributed by atoms with Crippen molar-refractivity contribution in [3.8, 4) is 11.1 Å². The number of nitrogens with two attached hydrogens (primary N) is 1. The van der Waals surface area contributed by atoms with E-state index in [2.05, 4.69) is 24.0 Å². The van der Waals surface area contributed by atoms with Gasteiger partial charge in [0.1, 0.15) is 0 Å². The summed E-state index contributed by atoms with van der Waals surface area (Å²) >= 11 is 0. The Kier molecular flexibility index (Phi) is 3.24. The predicted molar refractivity (Wildman–Crippen MR) is 79.1 cm³/mol. The van der Waals surface area contributed by atoms with Crippen molar-refractivity contribution >= 4 is 5.88 Å². The van der Waals surface area contributed by atoms with E-state index in [1.807, 2.05) is 18.3 Å². The lowest BCUT2D eigenvalue weighted by Gasteiger charge is -2.37. The second-order valence-electron chi connectivity index (χ2n) is 6.34. The molecule has 106 valence electrons. The average Bonchev–Trinajstić information content (AvgIpc) is 2.81. The lowest BCUT2D eigenvalue weighted by Crippen LogP contribution is -2.26. The number of hydrogen-bond acceptors (Lipinski definition) is 4. The third-order valence-corrected chi connectivity index (χ3v) is 4.53. The fraction of sp³-hybridized carbons (Fsp3) is 0.500. The molecule has 0 radical (unpaired) electrons. The minimum Gasteiger partial charge on any atom is -0.367 e. The van der Waals surface area contributed by atoms with E-state index in [9.17, 15) is 0 Å². The lowest BCUT2D eigenvalue weighted by molar-refractivity contribution is 0.192. The normalized spacial score (nSPS) is 21.8. The third kappa shape index (κ3) is 2.19. The molecule has 0 amide bonds. The first-order chi connectivity index (χ1) is 9.59. The molecule has 1 saturated carbocycles. The number of pyridine rings is 1. The van der Waals surface area contributed by atoms with Crippen LogP contribution in [0.15, 0.2) is 29.0 Å². The quantitative estimate of drug-likeness (QED) is 0.896. The van der Waals surface area contributed by atoms with Crippen LogP contribution in [0, 0.1) is 5.41 Å². The second-order valence-corrected chi connectivity index (χ2v) is 6.34. The molecule has 1 unspecified atom stereocenters. The van der Waals surface area contributed by atoms with Crippen molar-refractivity contribution in [2.45, 2.75) is 45.4 Å². The monoisotopic (exact) mass is 271 g/mol. The van der Waals surface area contributed by atoms with Crippen LogP contribution in [0.3, 0.4) is 0 Å². The van der Waals surface area contributed by atoms with Crippen LogP contribution in [-0.4, -0.2) is 10.1 Å². The van der Waals surface area contributed by atoms with E-state index in [1.54, 1.807) is 6.20 Å². The van der Waals surface area contributed by atoms with Crippen LogP contribution < -0.4 is 5.73 Å². The molecule has 3 rings (SSSR count). The van der Waals surface area contributed by atoms with Gasteiger partial charge in [-0.15, -0.1) is 0 Å². The van der Waals surface area contributed by atoms with E-state index >= 15 is 0 Å². The zero-order valence-electron chi connectivity index (χ0n) is 12.1. The first kappa shape index (κ1) is 13.2. The summed E-state index contributed by atoms with van der Waals surface area (Å²) in [6.45, 7) is 4.63. The van der Waals surface area contributed by atoms with Gasteiger partial charge in [0.2, 0.25) is 5.88 Å². The van der Waals surface area contributed by atoms with E-state index in [0.29, 0.717) is 11.8 Å². The van der Waals surface area contributed by atoms with E-state index < -0.39 is 0 Å². The molecule has 0 spiro atoms. The Morgan fingerprint density at radius 3 is 2.90 bits per heavy atom. The van der Waals surface area contributed by atoms with Gasteiger partial charge in [-0.3, -0.25) is 4.98 Å². The summed E-state index contributed by atoms with van der Waals surface area (Å²) in [5, 5.41) is 4.28. The number of hydrogen-bond donors (Lipinski definition) is 1. The molecule has 1 aliphatic carbocycles. The molecule has 4 nitrogen and oxygen atoms in total. The highest BCUT2D eigenvalue weighted by Crippen LogP contribution is 2.49. The Morgan fingerprint density at radius 1 is 1.35 bits per heavy atom. The number of nitrogens with zero attached hydrogens (tertiary/aromatic N) is 2. The lowest BCUT2D eigenvalue weighted by atomic mass is 9.67. The summed E-state index contributed by atoms with van der Waals surface area (Å²) in [5.41, 5.74) is 9.16. The SMILES string of the molecule is CC1(C)CCCCC1c1noc(N)c1-c1cccnc1. The highest BCUT2D eigenvalue weighted by Gasteiger charge is 2.37. The van der Waals surface area contributed by atoms with Gasteiger partial charge in [0, 0.05) is 23.9 Å². The molecular formula is C16H21N3O. The third-order valence-electron chi connectivity index (χ3n) is 4.53. The fourth-order valence-electron chi connectivity index (χ4n) is 3.36. The van der Waals surface area contributed by atoms with Crippen LogP contribution >= 0.6 is 0 Å². The van der Waals surface area contributed by atoms with Gasteiger partial charge in [-0.1, -0.05) is 37.9 Å². The van der Waals surface area contributed by atoms with E-state index in [4.69, 9.17) is 10.3 Å². The van der Waals surface area contributed by atoms with Crippen LogP contribution in [0.2, 0.25) is 0 Å². The summed E-state index contributed by atoms with van der Waals surface area (Å²) in [6, 6.07) is 3.92. The van der Waals surface area contributed by atoms with Crippen molar-refractivity contribution in [1.29, 1.82) is 0 Å². The maximum Gasteiger partial charge on any atom is 0.230 e. The molecule has 0 aromatic carbocycles. The average molecular weight is 271 g/mol. The second kappa shape index (κ2) is 4.93. The van der Waals surface area contributed by atoms with Crippen LogP contribution in [0.1, 0.15) is 51.1 Å². The van der Waals surface area contributed by atoms with Gasteiger partial charge in [0.05, 0.1) is 11.3 Å². The summed E-state index contributed by atoms with van der Waals surface area (Å²) in [5.74, 6) is 0.793. The van der Waals surface area contributed by atoms with Crippen LogP contribution in [-0.2, 0) is 0 Å². The number of anilines is 1. The van der Waals surface area contributed by atoms with Gasteiger partial charge in [-0.25, -0.2) is 0 Å². The van der Waals surface area contributed by atoms with Gasteiger partial charge in [-0.2, -0.15) is 0 Å². The number of aromatic nitrogens is 2. The zero-order valence-corrected chi connectivity index (χ0v) is 12.1. The highest BCUT2D eigenvalue weighted by molar-refractivity contribution is 5.75. The van der Waals surface area contributed by atoms with E-state index in [1.165, 1.54) is 19.3 Å². The summed E-state index contributed by atoms with van der Waals surface area (Å²) in [7, 11) is 0. The summed E-state index contributed by atoms with van der Waals surface area (Å²) in [6.07, 6.45) is 8.48. The molecule has 0 aliphatic heterocycles. The molecule has 1 fully saturated rings. The Morgan fingerprint density at radius 2 is 2.20 bits per heavy atom. The molecule has 2 aromatic rings. The zero-order chi connectivity index (χ0) is 14.2. The van der Waals surface area contributed by atoms with Gasteiger partial charge in [0.15, 0.2) is 0 Å². The standard InChI is InChI=1S/C16H21N3O/c1-16(2)8-4-3-7-12(16)14-13(15(17)20-19-14)11-6-5-9-18-10-11/h5-6,9-10,12H,3-4,7-8,17H2,1-2H3. The molecular weight excluding hydrogens is 250 g/mol. The first-order valence-corrected chi connectivity index (χ1v) is 7.25. The Bertz CT molecular complexity index is 589. The van der Waals surface area contributed by atoms with Crippen molar-refractivity contribution in [2.75, 3.05) is 5.73 Å². The van der Waals surface area contributed by atoms with Crippen molar-refractivity contribution in [1.82, 2.24) is 10.1 Å². The molecule has 2 aromatic heterocycles. The number of rotatable bonds is 2. The molecule has 1 aliphatic rings. The Balaban J connectivity index is 2.07. The van der Waals surface area contributed by atoms with Gasteiger partial charge in [0.25, 0.3) is 0 Å². The van der Waals surface area contributed by atoms with Crippen LogP contribution in [0.4, 0.5) is 5.88 Å². The highest BCUT2D eigenvalue weighted by atomic mass is 16.5. The van der Waals surface area contributed by atoms with Gasteiger partial charge in [-0.05, 0) is 24.3 Å². The van der Waals surface area contributed by atoms with Crippen molar-refractivity contribution in [3.63, 3.8) is 0 Å². The predicted octanol–water partition coefficient (Wildman–Crippen LogP) is 4.00. The first-order valence-electron chi connectivity index (χ1n) is 7.25. The van der Waals surface area contributed by atoms with Crippen molar-refractivity contribution in [3.05, 3.63) is 30.2 Å². The molecule has 2 N–H and O–H groups in total. The topological polar surface area (TPSA) is 64.9 Å². The largest absolute Gasteiger partial charge is 0.367 e. The summed E-state index contributed by atoms with van der Waals surface area (Å²) < 4.78 is 5.30. The van der Waals surface area contributed by atoms with E-state index in [-0.39, 0.29) is 5.41 Å². The van der Waals surface area contributed by atoms with Crippen LogP contribution in [0.25, 0.3) is 11.1 Å². The van der Waals surface area contributed by atoms with Crippen LogP contribution in [0.5, 0.6) is 0 Å². The molecule has 1 atom stereocenters. The maximum atomic E-state index is 6.01. The summed E-state index contributed by atoms with van der Waals surface area (Å²) in [4.78, 5) is 4.18. The van der Waals surface area contributed by atoms with Gasteiger partial charge < -0.3 is 10.3 Å². The minimum absolute atomic E-state index is 0.235. The number of nitrogen functional groups attached to an aromatic ring is 1. The molecule has 4 heteroatoms.